The van der Waals surface area contributed by atoms with Crippen molar-refractivity contribution in [2.45, 2.75) is 5.03 Å². The number of piperazine rings is 1. The Balaban J connectivity index is 1.26. The van der Waals surface area contributed by atoms with Gasteiger partial charge in [0, 0.05) is 61.4 Å². The minimum atomic E-state index is -3.90. The standard InChI is InChI=1S/C24H22N6O3S/c31-24(30-15-13-29(14-16-30)22-17-25-11-12-26-22)19-5-7-20(8-6-19)28-34(32,33)23-21-4-2-1-3-18(21)9-10-27-23/h1-12,17,28H,13-16H2. The predicted octanol–water partition coefficient (Wildman–Crippen LogP) is 2.79. The molecule has 5 rings (SSSR count). The average molecular weight is 475 g/mol. The summed E-state index contributed by atoms with van der Waals surface area (Å²) >= 11 is 0. The number of nitrogens with one attached hydrogen (secondary N) is 1. The van der Waals surface area contributed by atoms with Crippen LogP contribution in [0.2, 0.25) is 0 Å². The topological polar surface area (TPSA) is 108 Å². The van der Waals surface area contributed by atoms with Gasteiger partial charge >= 0.3 is 0 Å². The van der Waals surface area contributed by atoms with Crippen LogP contribution in [0.3, 0.4) is 0 Å². The summed E-state index contributed by atoms with van der Waals surface area (Å²) in [5.41, 5.74) is 0.859. The molecule has 1 N–H and O–H groups in total. The maximum Gasteiger partial charge on any atom is 0.280 e. The van der Waals surface area contributed by atoms with Crippen LogP contribution in [0.5, 0.6) is 0 Å². The van der Waals surface area contributed by atoms with Crippen molar-refractivity contribution in [3.63, 3.8) is 0 Å². The van der Waals surface area contributed by atoms with Gasteiger partial charge in [0.2, 0.25) is 0 Å². The Morgan fingerprint density at radius 2 is 1.62 bits per heavy atom. The van der Waals surface area contributed by atoms with Crippen LogP contribution in [0, 0.1) is 0 Å². The Bertz CT molecular complexity index is 1420. The summed E-state index contributed by atoms with van der Waals surface area (Å²) in [7, 11) is -3.90. The maximum atomic E-state index is 13.0. The number of sulfonamides is 1. The highest BCUT2D eigenvalue weighted by Gasteiger charge is 2.23. The molecule has 0 bridgehead atoms. The molecule has 1 aliphatic rings. The highest BCUT2D eigenvalue weighted by atomic mass is 32.2. The van der Waals surface area contributed by atoms with Crippen molar-refractivity contribution >= 4 is 38.2 Å². The number of aromatic nitrogens is 3. The zero-order valence-corrected chi connectivity index (χ0v) is 19.0. The van der Waals surface area contributed by atoms with Gasteiger partial charge in [-0.15, -0.1) is 0 Å². The van der Waals surface area contributed by atoms with E-state index in [1.807, 2.05) is 12.1 Å². The van der Waals surface area contributed by atoms with Gasteiger partial charge in [0.05, 0.1) is 6.20 Å². The van der Waals surface area contributed by atoms with Gasteiger partial charge in [-0.1, -0.05) is 24.3 Å². The molecule has 1 aliphatic heterocycles. The van der Waals surface area contributed by atoms with Gasteiger partial charge in [0.1, 0.15) is 5.82 Å². The second kappa shape index (κ2) is 9.06. The van der Waals surface area contributed by atoms with Gasteiger partial charge in [-0.3, -0.25) is 14.5 Å². The number of carbonyl (C=O) groups is 1. The molecule has 0 saturated carbocycles. The number of rotatable bonds is 5. The average Bonchev–Trinajstić information content (AvgIpc) is 2.89. The molecule has 4 aromatic rings. The molecule has 1 amide bonds. The number of hydrogen-bond acceptors (Lipinski definition) is 7. The van der Waals surface area contributed by atoms with E-state index in [2.05, 4.69) is 24.6 Å². The van der Waals surface area contributed by atoms with Crippen LogP contribution in [-0.2, 0) is 10.0 Å². The summed E-state index contributed by atoms with van der Waals surface area (Å²) in [6, 6.07) is 15.4. The molecule has 34 heavy (non-hydrogen) atoms. The van der Waals surface area contributed by atoms with Gasteiger partial charge in [0.15, 0.2) is 5.03 Å². The summed E-state index contributed by atoms with van der Waals surface area (Å²) < 4.78 is 28.5. The quantitative estimate of drug-likeness (QED) is 0.474. The lowest BCUT2D eigenvalue weighted by atomic mass is 10.1. The summed E-state index contributed by atoms with van der Waals surface area (Å²) in [5.74, 6) is 0.704. The van der Waals surface area contributed by atoms with E-state index in [1.165, 1.54) is 6.20 Å². The van der Waals surface area contributed by atoms with Crippen molar-refractivity contribution < 1.29 is 13.2 Å². The molecule has 2 aromatic carbocycles. The van der Waals surface area contributed by atoms with E-state index in [4.69, 9.17) is 0 Å². The van der Waals surface area contributed by atoms with Gasteiger partial charge in [0.25, 0.3) is 15.9 Å². The molecule has 0 radical (unpaired) electrons. The molecule has 1 fully saturated rings. The van der Waals surface area contributed by atoms with Crippen molar-refractivity contribution in [2.75, 3.05) is 35.8 Å². The highest BCUT2D eigenvalue weighted by Crippen LogP contribution is 2.23. The van der Waals surface area contributed by atoms with E-state index in [1.54, 1.807) is 66.0 Å². The fourth-order valence-electron chi connectivity index (χ4n) is 3.97. The Hall–Kier alpha value is -4.05. The number of fused-ring (bicyclic) bond motifs is 1. The van der Waals surface area contributed by atoms with Crippen LogP contribution >= 0.6 is 0 Å². The van der Waals surface area contributed by atoms with E-state index in [-0.39, 0.29) is 10.9 Å². The van der Waals surface area contributed by atoms with Gasteiger partial charge in [-0.2, -0.15) is 8.42 Å². The number of benzene rings is 2. The smallest absolute Gasteiger partial charge is 0.280 e. The lowest BCUT2D eigenvalue weighted by Gasteiger charge is -2.35. The van der Waals surface area contributed by atoms with Crippen LogP contribution in [0.4, 0.5) is 11.5 Å². The molecular formula is C24H22N6O3S. The number of anilines is 2. The van der Waals surface area contributed by atoms with Crippen molar-refractivity contribution in [3.8, 4) is 0 Å². The summed E-state index contributed by atoms with van der Waals surface area (Å²) in [4.78, 5) is 29.3. The van der Waals surface area contributed by atoms with Crippen LogP contribution in [0.25, 0.3) is 10.8 Å². The number of nitrogens with zero attached hydrogens (tertiary/aromatic N) is 5. The van der Waals surface area contributed by atoms with E-state index < -0.39 is 10.0 Å². The molecular weight excluding hydrogens is 452 g/mol. The van der Waals surface area contributed by atoms with Crippen molar-refractivity contribution in [2.24, 2.45) is 0 Å². The first-order chi connectivity index (χ1) is 16.5. The normalized spacial score (nSPS) is 14.2. The van der Waals surface area contributed by atoms with Gasteiger partial charge in [-0.25, -0.2) is 9.97 Å². The summed E-state index contributed by atoms with van der Waals surface area (Å²) in [5, 5.41) is 1.30. The van der Waals surface area contributed by atoms with E-state index >= 15 is 0 Å². The van der Waals surface area contributed by atoms with Gasteiger partial charge in [-0.05, 0) is 35.7 Å². The van der Waals surface area contributed by atoms with E-state index in [9.17, 15) is 13.2 Å². The molecule has 172 valence electrons. The minimum absolute atomic E-state index is 0.0354. The van der Waals surface area contributed by atoms with Crippen molar-refractivity contribution in [1.82, 2.24) is 19.9 Å². The molecule has 10 heteroatoms. The molecule has 3 heterocycles. The zero-order chi connectivity index (χ0) is 23.5. The maximum absolute atomic E-state index is 13.0. The fourth-order valence-corrected chi connectivity index (χ4v) is 5.18. The van der Waals surface area contributed by atoms with Crippen LogP contribution in [0.1, 0.15) is 10.4 Å². The first kappa shape index (κ1) is 21.8. The van der Waals surface area contributed by atoms with Crippen LogP contribution in [-0.4, -0.2) is 60.4 Å². The molecule has 0 spiro atoms. The second-order valence-corrected chi connectivity index (χ2v) is 9.46. The lowest BCUT2D eigenvalue weighted by Crippen LogP contribution is -2.49. The molecule has 0 aliphatic carbocycles. The first-order valence-corrected chi connectivity index (χ1v) is 12.3. The number of carbonyl (C=O) groups excluding carboxylic acids is 1. The third-order valence-electron chi connectivity index (χ3n) is 5.72. The Labute approximate surface area is 197 Å². The van der Waals surface area contributed by atoms with Crippen molar-refractivity contribution in [1.29, 1.82) is 0 Å². The molecule has 0 atom stereocenters. The second-order valence-electron chi connectivity index (χ2n) is 7.86. The Kier molecular flexibility index (Phi) is 5.81. The third-order valence-corrected chi connectivity index (χ3v) is 7.05. The zero-order valence-electron chi connectivity index (χ0n) is 18.2. The van der Waals surface area contributed by atoms with Crippen LogP contribution in [0.15, 0.2) is 84.4 Å². The minimum Gasteiger partial charge on any atom is -0.352 e. The number of amides is 1. The molecule has 2 aromatic heterocycles. The monoisotopic (exact) mass is 474 g/mol. The molecule has 1 saturated heterocycles. The first-order valence-electron chi connectivity index (χ1n) is 10.8. The third kappa shape index (κ3) is 4.40. The summed E-state index contributed by atoms with van der Waals surface area (Å²) in [6.07, 6.45) is 6.47. The van der Waals surface area contributed by atoms with E-state index in [0.717, 1.165) is 11.2 Å². The van der Waals surface area contributed by atoms with Gasteiger partial charge < -0.3 is 9.80 Å². The summed E-state index contributed by atoms with van der Waals surface area (Å²) in [6.45, 7) is 2.47. The van der Waals surface area contributed by atoms with E-state index in [0.29, 0.717) is 42.8 Å². The highest BCUT2D eigenvalue weighted by molar-refractivity contribution is 7.92. The largest absolute Gasteiger partial charge is 0.352 e. The SMILES string of the molecule is O=C(c1ccc(NS(=O)(=O)c2nccc3ccccc23)cc1)N1CCN(c2cnccn2)CC1. The molecule has 9 nitrogen and oxygen atoms in total. The number of pyridine rings is 1. The Morgan fingerprint density at radius 3 is 2.35 bits per heavy atom. The predicted molar refractivity (Wildman–Crippen MR) is 129 cm³/mol. The lowest BCUT2D eigenvalue weighted by molar-refractivity contribution is 0.0746. The molecule has 0 unspecified atom stereocenters. The van der Waals surface area contributed by atoms with Crippen molar-refractivity contribution in [3.05, 3.63) is 84.9 Å². The van der Waals surface area contributed by atoms with Crippen LogP contribution < -0.4 is 9.62 Å². The fraction of sp³-hybridized carbons (Fsp3) is 0.167. The number of hydrogen-bond donors (Lipinski definition) is 1. The Morgan fingerprint density at radius 1 is 0.853 bits per heavy atom.